The molecule has 6 heterocycles. The minimum atomic E-state index is -0.582. The van der Waals surface area contributed by atoms with Crippen molar-refractivity contribution in [2.75, 3.05) is 21.3 Å². The molecule has 4 saturated carbocycles. The summed E-state index contributed by atoms with van der Waals surface area (Å²) in [7, 11) is 0. The average molecular weight is 1410 g/mol. The monoisotopic (exact) mass is 1410 g/mol. The van der Waals surface area contributed by atoms with E-state index in [-0.39, 0.29) is 42.6 Å². The van der Waals surface area contributed by atoms with Crippen molar-refractivity contribution >= 4 is 74.6 Å². The average Bonchev–Trinajstić information content (AvgIpc) is 1.60. The smallest absolute Gasteiger partial charge is 0.306 e. The molecule has 16 nitrogen and oxygen atoms in total. The molecule has 105 heavy (non-hydrogen) atoms. The summed E-state index contributed by atoms with van der Waals surface area (Å²) in [6.45, 7) is 11.2. The van der Waals surface area contributed by atoms with Crippen LogP contribution in [0.3, 0.4) is 0 Å². The van der Waals surface area contributed by atoms with Gasteiger partial charge in [-0.05, 0) is 138 Å². The van der Waals surface area contributed by atoms with Gasteiger partial charge in [0.05, 0.1) is 5.69 Å². The van der Waals surface area contributed by atoms with Gasteiger partial charge >= 0.3 is 5.97 Å². The summed E-state index contributed by atoms with van der Waals surface area (Å²) in [5.41, 5.74) is 9.84. The minimum absolute atomic E-state index is 0.00915. The third-order valence-corrected chi connectivity index (χ3v) is 24.0. The van der Waals surface area contributed by atoms with Gasteiger partial charge in [-0.15, -0.1) is 0 Å². The van der Waals surface area contributed by atoms with Gasteiger partial charge in [0, 0.05) is 158 Å². The summed E-state index contributed by atoms with van der Waals surface area (Å²) >= 11 is 0. The number of esters is 1. The molecule has 0 saturated heterocycles. The van der Waals surface area contributed by atoms with E-state index in [9.17, 15) is 19.2 Å². The van der Waals surface area contributed by atoms with E-state index in [1.807, 2.05) is 98.2 Å². The zero-order valence-electron chi connectivity index (χ0n) is 62.1. The molecular weight excluding hydrogens is 1310 g/mol. The Bertz CT molecular complexity index is 4950. The number of amides is 4. The Morgan fingerprint density at radius 1 is 0.410 bits per heavy atom. The fourth-order valence-electron chi connectivity index (χ4n) is 17.3. The lowest BCUT2D eigenvalue weighted by Crippen LogP contribution is -2.35. The van der Waals surface area contributed by atoms with E-state index < -0.39 is 21.7 Å². The van der Waals surface area contributed by atoms with Crippen LogP contribution in [0, 0.1) is 28.6 Å². The molecule has 8 N–H and O–H groups in total. The first kappa shape index (κ1) is 72.0. The number of hydrogen-bond donors (Lipinski definition) is 8. The second-order valence-electron chi connectivity index (χ2n) is 31.8. The molecule has 4 amide bonds. The van der Waals surface area contributed by atoms with Gasteiger partial charge in [0.1, 0.15) is 12.4 Å². The Balaban J connectivity index is 1.01. The highest BCUT2D eigenvalue weighted by Crippen LogP contribution is 2.44. The number of fused-ring (bicyclic) bond motifs is 8. The number of rotatable bonds is 22. The van der Waals surface area contributed by atoms with Crippen molar-refractivity contribution in [3.05, 3.63) is 230 Å². The highest BCUT2D eigenvalue weighted by molar-refractivity contribution is 6.03. The quantitative estimate of drug-likeness (QED) is 0.0242. The fraction of sp³-hybridized carbons (Fsp3) is 0.416. The summed E-state index contributed by atoms with van der Waals surface area (Å²) in [5.74, 6) is 0.606. The van der Waals surface area contributed by atoms with Crippen molar-refractivity contribution in [1.29, 1.82) is 0 Å². The van der Waals surface area contributed by atoms with Crippen LogP contribution < -0.4 is 42.7 Å². The summed E-state index contributed by atoms with van der Waals surface area (Å²) in [4.78, 5) is 94.5. The van der Waals surface area contributed by atoms with Gasteiger partial charge in [-0.3, -0.25) is 24.0 Å². The van der Waals surface area contributed by atoms with Crippen molar-refractivity contribution < 1.29 is 28.7 Å². The van der Waals surface area contributed by atoms with Gasteiger partial charge < -0.3 is 50.5 Å². The number of ether oxygens (including phenoxy) is 1. The van der Waals surface area contributed by atoms with E-state index in [1.54, 1.807) is 0 Å². The number of aromatic nitrogens is 6. The van der Waals surface area contributed by atoms with Crippen LogP contribution >= 0.6 is 0 Å². The number of imidazole rings is 1. The summed E-state index contributed by atoms with van der Waals surface area (Å²) in [5, 5.41) is 16.8. The van der Waals surface area contributed by atoms with E-state index >= 15 is 4.79 Å². The van der Waals surface area contributed by atoms with E-state index in [0.29, 0.717) is 62.4 Å². The number of benzene rings is 4. The van der Waals surface area contributed by atoms with E-state index in [2.05, 4.69) is 139 Å². The number of aryl methyl sites for hydroxylation is 2. The third-order valence-electron chi connectivity index (χ3n) is 24.0. The predicted octanol–water partition coefficient (Wildman–Crippen LogP) is 16.5. The molecule has 0 spiro atoms. The Morgan fingerprint density at radius 3 is 1.15 bits per heavy atom. The van der Waals surface area contributed by atoms with Crippen LogP contribution in [0.1, 0.15) is 251 Å². The number of hydrogen-bond acceptors (Lipinski definition) is 7. The second kappa shape index (κ2) is 31.4. The van der Waals surface area contributed by atoms with Crippen LogP contribution in [0.4, 0.5) is 22.7 Å². The maximum Gasteiger partial charge on any atom is 0.306 e. The maximum absolute atomic E-state index is 15.0. The SMILES string of the molecule is Cc1nccn1CCCCCCCC(=O)OCc1cc2[nH]c1C(c1ccccc1NC(=O)C1(C)CCCCC1)=c1ccc([nH]1)=C(c1ccccc1NC(=O)C1(C)CCCCC1)c1ccc([nH]1)C(c1ccccc1NC(=O)C1(C)CCCCC1)=c1ccc([nH]1)=C2c1ccccc1NC(=O)C1(C)CCCCC1. The first-order chi connectivity index (χ1) is 51.0. The first-order valence-electron chi connectivity index (χ1n) is 39.0. The lowest BCUT2D eigenvalue weighted by atomic mass is 9.75. The normalized spacial score (nSPS) is 17.5. The molecule has 1 aliphatic heterocycles. The molecular formula is C89H104N10O6. The third kappa shape index (κ3) is 15.6. The van der Waals surface area contributed by atoms with Crippen molar-refractivity contribution in [2.24, 2.45) is 21.7 Å². The van der Waals surface area contributed by atoms with Gasteiger partial charge in [-0.25, -0.2) is 4.98 Å². The number of nitrogens with zero attached hydrogens (tertiary/aromatic N) is 2. The Morgan fingerprint density at radius 2 is 0.762 bits per heavy atom. The molecule has 16 heteroatoms. The number of carbonyl (C=O) groups excluding carboxylic acids is 5. The van der Waals surface area contributed by atoms with Gasteiger partial charge in [0.15, 0.2) is 0 Å². The largest absolute Gasteiger partial charge is 0.461 e. The van der Waals surface area contributed by atoms with Crippen molar-refractivity contribution in [3.8, 4) is 0 Å². The molecule has 0 radical (unpaired) electrons. The molecule has 4 aromatic carbocycles. The number of H-pyrrole nitrogens is 4. The number of carbonyl (C=O) groups is 5. The Kier molecular flexibility index (Phi) is 21.5. The topological polar surface area (TPSA) is 224 Å². The Hall–Kier alpha value is -9.96. The number of para-hydroxylation sites is 4. The molecule has 9 aromatic rings. The maximum atomic E-state index is 15.0. The van der Waals surface area contributed by atoms with Crippen molar-refractivity contribution in [2.45, 2.75) is 215 Å². The molecule has 0 atom stereocenters. The van der Waals surface area contributed by atoms with Crippen LogP contribution in [0.25, 0.3) is 22.3 Å². The van der Waals surface area contributed by atoms with Crippen LogP contribution in [0.15, 0.2) is 152 Å². The van der Waals surface area contributed by atoms with Crippen molar-refractivity contribution in [3.63, 3.8) is 0 Å². The zero-order valence-corrected chi connectivity index (χ0v) is 62.1. The molecule has 4 fully saturated rings. The number of aromatic amines is 4. The minimum Gasteiger partial charge on any atom is -0.461 e. The van der Waals surface area contributed by atoms with Crippen LogP contribution in [-0.4, -0.2) is 59.1 Å². The fourth-order valence-corrected chi connectivity index (χ4v) is 17.3. The van der Waals surface area contributed by atoms with Gasteiger partial charge in [-0.1, -0.05) is 197 Å². The highest BCUT2D eigenvalue weighted by Gasteiger charge is 2.39. The number of unbranched alkanes of at least 4 members (excludes halogenated alkanes) is 4. The lowest BCUT2D eigenvalue weighted by Gasteiger charge is -2.32. The molecule has 546 valence electrons. The standard InChI is InChI=1S/C89H104N10O6/c1-59-90-54-56-99(59)55-30-8-6-7-13-39-76(100)105-58-60-57-75-79(63-33-16-20-37-67(63)97-84(103)88(4)50-26-11-27-51-88)73-43-42-71(92-73)77(61-31-14-18-35-65(61)95-82(101)86(2)46-22-9-23-47-86)69-40-41-70(91-69)78(62-32-15-19-36-66(62)96-83(102)87(3)48-24-10-25-49-87)72-44-45-74(93-72)80(81(60)94-75)64-34-17-21-38-68(64)98-85(104)89(5)52-28-12-29-53-89/h14-21,31-38,40-45,54,56-57,91-94H,6-13,22-30,39,46-53,55,58H2,1-5H3,(H,95,101)(H,96,102)(H,97,103)(H,98,104). The van der Waals surface area contributed by atoms with Gasteiger partial charge in [-0.2, -0.15) is 0 Å². The summed E-state index contributed by atoms with van der Waals surface area (Å²) in [6, 6.07) is 46.6. The summed E-state index contributed by atoms with van der Waals surface area (Å²) < 4.78 is 8.70. The number of nitrogens with one attached hydrogen (secondary N) is 8. The first-order valence-corrected chi connectivity index (χ1v) is 39.0. The van der Waals surface area contributed by atoms with E-state index in [4.69, 9.17) is 4.74 Å². The van der Waals surface area contributed by atoms with Crippen LogP contribution in [0.2, 0.25) is 0 Å². The van der Waals surface area contributed by atoms with E-state index in [0.717, 1.165) is 228 Å². The lowest BCUT2D eigenvalue weighted by molar-refractivity contribution is -0.145. The zero-order chi connectivity index (χ0) is 72.7. The molecule has 14 rings (SSSR count). The molecule has 5 aromatic heterocycles. The van der Waals surface area contributed by atoms with Crippen LogP contribution in [0.5, 0.6) is 0 Å². The molecule has 4 aliphatic carbocycles. The Labute approximate surface area is 616 Å². The van der Waals surface area contributed by atoms with Crippen LogP contribution in [-0.2, 0) is 41.9 Å². The molecule has 8 bridgehead atoms. The van der Waals surface area contributed by atoms with E-state index in [1.165, 1.54) is 0 Å². The highest BCUT2D eigenvalue weighted by atomic mass is 16.5. The summed E-state index contributed by atoms with van der Waals surface area (Å²) in [6.07, 6.45) is 27.3. The van der Waals surface area contributed by atoms with Gasteiger partial charge in [0.2, 0.25) is 23.6 Å². The number of anilines is 4. The predicted molar refractivity (Wildman–Crippen MR) is 418 cm³/mol. The van der Waals surface area contributed by atoms with Gasteiger partial charge in [0.25, 0.3) is 0 Å². The molecule has 5 aliphatic rings. The molecule has 0 unspecified atom stereocenters. The second-order valence-corrected chi connectivity index (χ2v) is 31.8. The van der Waals surface area contributed by atoms with Crippen molar-refractivity contribution in [1.82, 2.24) is 29.5 Å².